The molecule has 2 aromatic rings. The molecule has 2 aromatic carbocycles. The van der Waals surface area contributed by atoms with Crippen molar-refractivity contribution in [3.63, 3.8) is 0 Å². The highest BCUT2D eigenvalue weighted by Crippen LogP contribution is 2.26. The van der Waals surface area contributed by atoms with Gasteiger partial charge in [0.15, 0.2) is 0 Å². The standard InChI is InChI=1S/C22H26FN3O/c23-19-5-3-4-17(14-19)16-25-10-12-26(13-11-25)22(27)21-7-2-1-6-20(21)18-8-9-24-15-18/h1-7,14,18,24H,8-13,15-16H2/t18-/m0/s1. The van der Waals surface area contributed by atoms with Crippen molar-refractivity contribution in [2.45, 2.75) is 18.9 Å². The molecule has 1 atom stereocenters. The summed E-state index contributed by atoms with van der Waals surface area (Å²) in [7, 11) is 0. The number of piperazine rings is 1. The van der Waals surface area contributed by atoms with E-state index < -0.39 is 0 Å². The first-order valence-corrected chi connectivity index (χ1v) is 9.76. The number of hydrogen-bond acceptors (Lipinski definition) is 3. The molecule has 4 nitrogen and oxygen atoms in total. The molecule has 0 aliphatic carbocycles. The second kappa shape index (κ2) is 8.19. The molecule has 5 heteroatoms. The molecule has 2 heterocycles. The Bertz CT molecular complexity index is 796. The topological polar surface area (TPSA) is 35.6 Å². The van der Waals surface area contributed by atoms with Gasteiger partial charge in [0.1, 0.15) is 5.82 Å². The Kier molecular flexibility index (Phi) is 5.50. The first kappa shape index (κ1) is 18.1. The van der Waals surface area contributed by atoms with E-state index in [1.807, 2.05) is 29.2 Å². The molecular weight excluding hydrogens is 341 g/mol. The van der Waals surface area contributed by atoms with Crippen molar-refractivity contribution >= 4 is 5.91 Å². The van der Waals surface area contributed by atoms with Gasteiger partial charge in [-0.05, 0) is 48.2 Å². The number of benzene rings is 2. The summed E-state index contributed by atoms with van der Waals surface area (Å²) in [6.45, 7) is 5.75. The lowest BCUT2D eigenvalue weighted by Crippen LogP contribution is -2.48. The molecular formula is C22H26FN3O. The lowest BCUT2D eigenvalue weighted by Gasteiger charge is -2.35. The Morgan fingerprint density at radius 3 is 2.63 bits per heavy atom. The van der Waals surface area contributed by atoms with E-state index in [-0.39, 0.29) is 11.7 Å². The van der Waals surface area contributed by atoms with Crippen LogP contribution in [0, 0.1) is 5.82 Å². The lowest BCUT2D eigenvalue weighted by molar-refractivity contribution is 0.0627. The molecule has 0 aromatic heterocycles. The van der Waals surface area contributed by atoms with Crippen LogP contribution in [0.3, 0.4) is 0 Å². The third-order valence-electron chi connectivity index (χ3n) is 5.65. The molecule has 0 saturated carbocycles. The van der Waals surface area contributed by atoms with Crippen LogP contribution in [0.4, 0.5) is 4.39 Å². The number of hydrogen-bond donors (Lipinski definition) is 1. The van der Waals surface area contributed by atoms with E-state index in [9.17, 15) is 9.18 Å². The molecule has 1 N–H and O–H groups in total. The third-order valence-corrected chi connectivity index (χ3v) is 5.65. The maximum absolute atomic E-state index is 13.4. The van der Waals surface area contributed by atoms with Crippen molar-refractivity contribution in [2.24, 2.45) is 0 Å². The minimum atomic E-state index is -0.195. The van der Waals surface area contributed by atoms with Crippen LogP contribution >= 0.6 is 0 Å². The van der Waals surface area contributed by atoms with E-state index in [0.29, 0.717) is 19.0 Å². The van der Waals surface area contributed by atoms with Crippen molar-refractivity contribution in [2.75, 3.05) is 39.3 Å². The zero-order valence-corrected chi connectivity index (χ0v) is 15.5. The fraction of sp³-hybridized carbons (Fsp3) is 0.409. The first-order chi connectivity index (χ1) is 13.2. The zero-order chi connectivity index (χ0) is 18.6. The zero-order valence-electron chi connectivity index (χ0n) is 15.5. The van der Waals surface area contributed by atoms with Gasteiger partial charge in [0.25, 0.3) is 5.91 Å². The molecule has 0 radical (unpaired) electrons. The van der Waals surface area contributed by atoms with Crippen molar-refractivity contribution in [3.8, 4) is 0 Å². The molecule has 142 valence electrons. The van der Waals surface area contributed by atoms with Gasteiger partial charge < -0.3 is 10.2 Å². The largest absolute Gasteiger partial charge is 0.336 e. The van der Waals surface area contributed by atoms with Crippen molar-refractivity contribution < 1.29 is 9.18 Å². The fourth-order valence-corrected chi connectivity index (χ4v) is 4.14. The summed E-state index contributed by atoms with van der Waals surface area (Å²) in [4.78, 5) is 17.4. The van der Waals surface area contributed by atoms with Gasteiger partial charge in [-0.3, -0.25) is 9.69 Å². The average molecular weight is 367 g/mol. The normalized spacial score (nSPS) is 20.8. The van der Waals surface area contributed by atoms with Crippen LogP contribution in [0.15, 0.2) is 48.5 Å². The Balaban J connectivity index is 1.39. The van der Waals surface area contributed by atoms with Gasteiger partial charge in [0.05, 0.1) is 0 Å². The Hall–Kier alpha value is -2.24. The second-order valence-corrected chi connectivity index (χ2v) is 7.48. The molecule has 0 spiro atoms. The molecule has 27 heavy (non-hydrogen) atoms. The molecule has 1 amide bonds. The van der Waals surface area contributed by atoms with E-state index in [2.05, 4.69) is 16.3 Å². The van der Waals surface area contributed by atoms with E-state index in [1.165, 1.54) is 11.6 Å². The van der Waals surface area contributed by atoms with Crippen molar-refractivity contribution in [3.05, 3.63) is 71.0 Å². The fourth-order valence-electron chi connectivity index (χ4n) is 4.14. The Morgan fingerprint density at radius 2 is 1.89 bits per heavy atom. The van der Waals surface area contributed by atoms with Gasteiger partial charge in [-0.2, -0.15) is 0 Å². The van der Waals surface area contributed by atoms with Crippen LogP contribution in [0.5, 0.6) is 0 Å². The molecule has 0 unspecified atom stereocenters. The molecule has 2 saturated heterocycles. The SMILES string of the molecule is O=C(c1ccccc1[C@H]1CCNC1)N1CCN(Cc2cccc(F)c2)CC1. The van der Waals surface area contributed by atoms with Crippen LogP contribution in [-0.4, -0.2) is 55.0 Å². The Morgan fingerprint density at radius 1 is 1.07 bits per heavy atom. The van der Waals surface area contributed by atoms with Gasteiger partial charge in [-0.25, -0.2) is 4.39 Å². The monoisotopic (exact) mass is 367 g/mol. The van der Waals surface area contributed by atoms with Crippen LogP contribution in [-0.2, 0) is 6.54 Å². The van der Waals surface area contributed by atoms with Crippen LogP contribution in [0.25, 0.3) is 0 Å². The number of rotatable bonds is 4. The molecule has 2 aliphatic rings. The van der Waals surface area contributed by atoms with Gasteiger partial charge in [-0.1, -0.05) is 30.3 Å². The molecule has 2 aliphatic heterocycles. The highest BCUT2D eigenvalue weighted by atomic mass is 19.1. The van der Waals surface area contributed by atoms with Crippen LogP contribution < -0.4 is 5.32 Å². The first-order valence-electron chi connectivity index (χ1n) is 9.76. The van der Waals surface area contributed by atoms with E-state index in [1.54, 1.807) is 12.1 Å². The summed E-state index contributed by atoms with van der Waals surface area (Å²) >= 11 is 0. The summed E-state index contributed by atoms with van der Waals surface area (Å²) in [5.74, 6) is 0.377. The quantitative estimate of drug-likeness (QED) is 0.903. The maximum Gasteiger partial charge on any atom is 0.254 e. The van der Waals surface area contributed by atoms with Gasteiger partial charge in [0, 0.05) is 44.8 Å². The van der Waals surface area contributed by atoms with E-state index >= 15 is 0 Å². The van der Waals surface area contributed by atoms with Crippen molar-refractivity contribution in [1.82, 2.24) is 15.1 Å². The number of amides is 1. The average Bonchev–Trinajstić information content (AvgIpc) is 3.23. The van der Waals surface area contributed by atoms with Gasteiger partial charge in [-0.15, -0.1) is 0 Å². The van der Waals surface area contributed by atoms with Crippen LogP contribution in [0.2, 0.25) is 0 Å². The maximum atomic E-state index is 13.4. The Labute approximate surface area is 160 Å². The third kappa shape index (κ3) is 4.20. The molecule has 4 rings (SSSR count). The smallest absolute Gasteiger partial charge is 0.254 e. The predicted molar refractivity (Wildman–Crippen MR) is 104 cm³/mol. The highest BCUT2D eigenvalue weighted by molar-refractivity contribution is 5.96. The summed E-state index contributed by atoms with van der Waals surface area (Å²) < 4.78 is 13.4. The predicted octanol–water partition coefficient (Wildman–Crippen LogP) is 2.86. The number of carbonyl (C=O) groups is 1. The summed E-state index contributed by atoms with van der Waals surface area (Å²) in [6, 6.07) is 14.8. The van der Waals surface area contributed by atoms with Gasteiger partial charge in [0.2, 0.25) is 0 Å². The number of carbonyl (C=O) groups excluding carboxylic acids is 1. The summed E-state index contributed by atoms with van der Waals surface area (Å²) in [5, 5.41) is 3.39. The van der Waals surface area contributed by atoms with Gasteiger partial charge >= 0.3 is 0 Å². The highest BCUT2D eigenvalue weighted by Gasteiger charge is 2.27. The number of nitrogens with zero attached hydrogens (tertiary/aromatic N) is 2. The second-order valence-electron chi connectivity index (χ2n) is 7.48. The summed E-state index contributed by atoms with van der Waals surface area (Å²) in [6.07, 6.45) is 1.09. The van der Waals surface area contributed by atoms with Crippen LogP contribution in [0.1, 0.15) is 33.8 Å². The number of halogens is 1. The molecule has 2 fully saturated rings. The molecule has 0 bridgehead atoms. The van der Waals surface area contributed by atoms with E-state index in [4.69, 9.17) is 0 Å². The van der Waals surface area contributed by atoms with E-state index in [0.717, 1.165) is 50.3 Å². The summed E-state index contributed by atoms with van der Waals surface area (Å²) in [5.41, 5.74) is 3.01. The number of nitrogens with one attached hydrogen (secondary N) is 1. The van der Waals surface area contributed by atoms with Crippen molar-refractivity contribution in [1.29, 1.82) is 0 Å². The minimum absolute atomic E-state index is 0.142. The lowest BCUT2D eigenvalue weighted by atomic mass is 9.93. The minimum Gasteiger partial charge on any atom is -0.336 e.